The minimum atomic E-state index is -0.445. The number of carbonyl (C=O) groups excluding carboxylic acids is 1. The first-order valence-electron chi connectivity index (χ1n) is 8.52. The summed E-state index contributed by atoms with van der Waals surface area (Å²) in [6.45, 7) is 3.09. The highest BCUT2D eigenvalue weighted by molar-refractivity contribution is 6.04. The average Bonchev–Trinajstić information content (AvgIpc) is 3.19. The molecule has 2 aromatic heterocycles. The van der Waals surface area contributed by atoms with Crippen molar-refractivity contribution in [3.05, 3.63) is 29.3 Å². The lowest BCUT2D eigenvalue weighted by molar-refractivity contribution is 0.0966. The summed E-state index contributed by atoms with van der Waals surface area (Å²) in [6, 6.07) is 0.590. The number of aromatic nitrogens is 3. The summed E-state index contributed by atoms with van der Waals surface area (Å²) in [5.41, 5.74) is 1.86. The fraction of sp³-hybridized carbons (Fsp3) is 0.471. The number of piperidine rings is 1. The number of anilines is 1. The van der Waals surface area contributed by atoms with E-state index >= 15 is 0 Å². The first-order valence-corrected chi connectivity index (χ1v) is 8.52. The lowest BCUT2D eigenvalue weighted by Gasteiger charge is -2.29. The predicted molar refractivity (Wildman–Crippen MR) is 91.7 cm³/mol. The molecule has 2 atom stereocenters. The number of nitrogens with one attached hydrogen (secondary N) is 3. The van der Waals surface area contributed by atoms with Crippen LogP contribution in [-0.2, 0) is 13.6 Å². The number of nitrogens with zero attached hydrogens (tertiary/aromatic N) is 3. The zero-order valence-electron chi connectivity index (χ0n) is 14.3. The van der Waals surface area contributed by atoms with Gasteiger partial charge in [0.25, 0.3) is 5.91 Å². The van der Waals surface area contributed by atoms with Gasteiger partial charge >= 0.3 is 0 Å². The van der Waals surface area contributed by atoms with Crippen molar-refractivity contribution in [2.45, 2.75) is 38.4 Å². The molecule has 8 heteroatoms. The molecule has 4 rings (SSSR count). The van der Waals surface area contributed by atoms with E-state index in [1.807, 2.05) is 0 Å². The van der Waals surface area contributed by atoms with Gasteiger partial charge in [0.15, 0.2) is 11.6 Å². The highest BCUT2D eigenvalue weighted by Gasteiger charge is 2.31. The third-order valence-corrected chi connectivity index (χ3v) is 4.87. The number of carbonyl (C=O) groups is 1. The van der Waals surface area contributed by atoms with Crippen LogP contribution in [0.4, 0.5) is 10.2 Å². The molecular formula is C17H21FN6O. The van der Waals surface area contributed by atoms with Gasteiger partial charge in [0.1, 0.15) is 0 Å². The molecule has 7 nitrogen and oxygen atoms in total. The van der Waals surface area contributed by atoms with E-state index < -0.39 is 5.82 Å². The Hall–Kier alpha value is -2.48. The van der Waals surface area contributed by atoms with E-state index in [0.717, 1.165) is 19.4 Å². The summed E-state index contributed by atoms with van der Waals surface area (Å²) < 4.78 is 16.6. The molecule has 0 saturated carbocycles. The van der Waals surface area contributed by atoms with Crippen molar-refractivity contribution in [1.29, 1.82) is 0 Å². The molecule has 1 amide bonds. The molecule has 0 radical (unpaired) electrons. The van der Waals surface area contributed by atoms with Gasteiger partial charge in [-0.05, 0) is 19.8 Å². The Morgan fingerprint density at radius 1 is 1.40 bits per heavy atom. The molecule has 2 unspecified atom stereocenters. The zero-order valence-corrected chi connectivity index (χ0v) is 14.3. The van der Waals surface area contributed by atoms with Crippen LogP contribution in [0.3, 0.4) is 0 Å². The van der Waals surface area contributed by atoms with Crippen molar-refractivity contribution in [2.24, 2.45) is 7.05 Å². The quantitative estimate of drug-likeness (QED) is 0.784. The Bertz CT molecular complexity index is 825. The van der Waals surface area contributed by atoms with Crippen molar-refractivity contribution in [2.75, 3.05) is 11.9 Å². The molecule has 2 aliphatic rings. The third kappa shape index (κ3) is 2.86. The van der Waals surface area contributed by atoms with Crippen molar-refractivity contribution >= 4 is 11.7 Å². The van der Waals surface area contributed by atoms with E-state index in [0.29, 0.717) is 28.4 Å². The van der Waals surface area contributed by atoms with Crippen LogP contribution in [0.25, 0.3) is 11.3 Å². The minimum absolute atomic E-state index is 0.114. The van der Waals surface area contributed by atoms with Gasteiger partial charge in [-0.15, -0.1) is 0 Å². The molecule has 4 heterocycles. The molecule has 2 aliphatic heterocycles. The number of aryl methyl sites for hydroxylation is 1. The molecule has 0 bridgehead atoms. The second-order valence-electron chi connectivity index (χ2n) is 6.79. The maximum absolute atomic E-state index is 14.9. The second kappa shape index (κ2) is 6.11. The number of halogens is 1. The minimum Gasteiger partial charge on any atom is -0.364 e. The predicted octanol–water partition coefficient (Wildman–Crippen LogP) is 1.42. The van der Waals surface area contributed by atoms with Gasteiger partial charge in [0, 0.05) is 49.5 Å². The fourth-order valence-corrected chi connectivity index (χ4v) is 3.44. The first-order chi connectivity index (χ1) is 12.0. The van der Waals surface area contributed by atoms with Gasteiger partial charge in [0.05, 0.1) is 17.5 Å². The maximum Gasteiger partial charge on any atom is 0.254 e. The van der Waals surface area contributed by atoms with E-state index in [1.54, 1.807) is 24.1 Å². The molecule has 0 aromatic carbocycles. The van der Waals surface area contributed by atoms with Crippen molar-refractivity contribution in [3.8, 4) is 11.3 Å². The van der Waals surface area contributed by atoms with Crippen LogP contribution in [0.1, 0.15) is 35.7 Å². The summed E-state index contributed by atoms with van der Waals surface area (Å²) in [6.07, 6.45) is 5.39. The van der Waals surface area contributed by atoms with E-state index in [9.17, 15) is 9.18 Å². The lowest BCUT2D eigenvalue weighted by Crippen LogP contribution is -2.43. The largest absolute Gasteiger partial charge is 0.364 e. The van der Waals surface area contributed by atoms with E-state index in [4.69, 9.17) is 0 Å². The van der Waals surface area contributed by atoms with Crippen LogP contribution in [0.5, 0.6) is 0 Å². The molecule has 1 saturated heterocycles. The number of hydrogen-bond acceptors (Lipinski definition) is 5. The monoisotopic (exact) mass is 344 g/mol. The van der Waals surface area contributed by atoms with Gasteiger partial charge < -0.3 is 16.0 Å². The highest BCUT2D eigenvalue weighted by Crippen LogP contribution is 2.33. The van der Waals surface area contributed by atoms with Crippen molar-refractivity contribution < 1.29 is 9.18 Å². The van der Waals surface area contributed by atoms with Gasteiger partial charge in [-0.3, -0.25) is 9.48 Å². The van der Waals surface area contributed by atoms with Crippen LogP contribution in [0, 0.1) is 5.82 Å². The van der Waals surface area contributed by atoms with Crippen LogP contribution in [0.2, 0.25) is 0 Å². The van der Waals surface area contributed by atoms with E-state index in [-0.39, 0.29) is 24.3 Å². The van der Waals surface area contributed by atoms with Crippen molar-refractivity contribution in [1.82, 2.24) is 25.4 Å². The number of amides is 1. The van der Waals surface area contributed by atoms with Gasteiger partial charge in [0.2, 0.25) is 0 Å². The fourth-order valence-electron chi connectivity index (χ4n) is 3.44. The maximum atomic E-state index is 14.9. The second-order valence-corrected chi connectivity index (χ2v) is 6.79. The molecule has 2 aromatic rings. The van der Waals surface area contributed by atoms with E-state index in [1.165, 1.54) is 0 Å². The SMILES string of the molecule is CC1CCC(Nc2nc(-c3cnn(C)c3)c3c(c2F)CNC3=O)CN1. The summed E-state index contributed by atoms with van der Waals surface area (Å²) in [5, 5.41) is 13.4. The molecule has 0 spiro atoms. The number of hydrogen-bond donors (Lipinski definition) is 3. The first kappa shape index (κ1) is 16.0. The Balaban J connectivity index is 1.74. The molecule has 3 N–H and O–H groups in total. The van der Waals surface area contributed by atoms with Gasteiger partial charge in [-0.25, -0.2) is 9.37 Å². The number of rotatable bonds is 3. The molecular weight excluding hydrogens is 323 g/mol. The van der Waals surface area contributed by atoms with Crippen LogP contribution in [-0.4, -0.2) is 39.3 Å². The van der Waals surface area contributed by atoms with Gasteiger partial charge in [-0.2, -0.15) is 5.10 Å². The van der Waals surface area contributed by atoms with Crippen LogP contribution in [0.15, 0.2) is 12.4 Å². The molecule has 1 fully saturated rings. The number of fused-ring (bicyclic) bond motifs is 1. The Labute approximate surface area is 145 Å². The van der Waals surface area contributed by atoms with Crippen LogP contribution >= 0.6 is 0 Å². The summed E-state index contributed by atoms with van der Waals surface area (Å²) in [7, 11) is 1.79. The zero-order chi connectivity index (χ0) is 17.6. The third-order valence-electron chi connectivity index (χ3n) is 4.87. The summed E-state index contributed by atoms with van der Waals surface area (Å²) in [4.78, 5) is 16.6. The number of pyridine rings is 1. The topological polar surface area (TPSA) is 83.9 Å². The summed E-state index contributed by atoms with van der Waals surface area (Å²) >= 11 is 0. The molecule has 0 aliphatic carbocycles. The van der Waals surface area contributed by atoms with Gasteiger partial charge in [-0.1, -0.05) is 0 Å². The lowest BCUT2D eigenvalue weighted by atomic mass is 10.0. The van der Waals surface area contributed by atoms with Crippen LogP contribution < -0.4 is 16.0 Å². The summed E-state index contributed by atoms with van der Waals surface area (Å²) in [5.74, 6) is -0.532. The normalized spacial score (nSPS) is 22.6. The standard InChI is InChI=1S/C17H21FN6O/c1-9-3-4-11(6-19-9)22-16-14(18)12-7-20-17(25)13(12)15(23-16)10-5-21-24(2)8-10/h5,8-9,11,19H,3-4,6-7H2,1-2H3,(H,20,25)(H,22,23). The Kier molecular flexibility index (Phi) is 3.91. The Morgan fingerprint density at radius 3 is 2.92 bits per heavy atom. The molecule has 25 heavy (non-hydrogen) atoms. The highest BCUT2D eigenvalue weighted by atomic mass is 19.1. The smallest absolute Gasteiger partial charge is 0.254 e. The Morgan fingerprint density at radius 2 is 2.24 bits per heavy atom. The van der Waals surface area contributed by atoms with Crippen molar-refractivity contribution in [3.63, 3.8) is 0 Å². The van der Waals surface area contributed by atoms with E-state index in [2.05, 4.69) is 33.0 Å². The average molecular weight is 344 g/mol. The molecule has 132 valence electrons.